The molecule has 0 unspecified atom stereocenters. The Labute approximate surface area is 455 Å². The molecule has 10 aromatic rings. The first-order valence-electron chi connectivity index (χ1n) is 23.8. The highest BCUT2D eigenvalue weighted by Gasteiger charge is 2.28. The van der Waals surface area contributed by atoms with E-state index in [1.54, 1.807) is 124 Å². The number of methoxy groups -OCH3 is 3. The van der Waals surface area contributed by atoms with Crippen LogP contribution in [-0.4, -0.2) is 74.2 Å². The van der Waals surface area contributed by atoms with E-state index in [4.69, 9.17) is 31.5 Å². The lowest BCUT2D eigenvalue weighted by atomic mass is 10.1. The predicted octanol–water partition coefficient (Wildman–Crippen LogP) is 11.8. The number of anilines is 3. The largest absolute Gasteiger partial charge is 0.496 e. The molecule has 0 aliphatic heterocycles. The van der Waals surface area contributed by atoms with Gasteiger partial charge in [0.2, 0.25) is 0 Å². The number of rotatable bonds is 12. The van der Waals surface area contributed by atoms with E-state index in [1.807, 2.05) is 109 Å². The van der Waals surface area contributed by atoms with Crippen molar-refractivity contribution in [2.75, 3.05) is 37.3 Å². The number of nitrogens with one attached hydrogen (secondary N) is 1. The number of carbonyl (C=O) groups is 4. The minimum absolute atomic E-state index is 0.179. The zero-order valence-corrected chi connectivity index (χ0v) is 43.1. The van der Waals surface area contributed by atoms with Gasteiger partial charge in [-0.25, -0.2) is 34.8 Å². The van der Waals surface area contributed by atoms with Crippen LogP contribution in [0.3, 0.4) is 0 Å². The summed E-state index contributed by atoms with van der Waals surface area (Å²) in [4.78, 5) is 75.3. The van der Waals surface area contributed by atoms with Crippen molar-refractivity contribution in [1.29, 1.82) is 0 Å². The fraction of sp³-hybridized carbons (Fsp3) is 0.0492. The molecule has 0 aliphatic carbocycles. The van der Waals surface area contributed by atoms with Crippen LogP contribution in [-0.2, 0) is 0 Å². The Balaban J connectivity index is 0.000000164. The molecule has 10 rings (SSSR count). The Hall–Kier alpha value is -10.5. The maximum Gasteiger partial charge on any atom is 0.266 e. The predicted molar refractivity (Wildman–Crippen MR) is 302 cm³/mol. The lowest BCUT2D eigenvalue weighted by molar-refractivity contribution is 0.0894. The van der Waals surface area contributed by atoms with E-state index in [-0.39, 0.29) is 11.7 Å². The molecular formula is C61H50ClN9O7. The number of carbonyl (C=O) groups excluding carboxylic acids is 4. The van der Waals surface area contributed by atoms with Gasteiger partial charge in [-0.05, 0) is 84.4 Å². The third kappa shape index (κ3) is 15.1. The van der Waals surface area contributed by atoms with Gasteiger partial charge in [-0.2, -0.15) is 0 Å². The first-order valence-corrected chi connectivity index (χ1v) is 24.2. The number of para-hydroxylation sites is 3. The Morgan fingerprint density at radius 3 is 1.19 bits per heavy atom. The molecule has 3 N–H and O–H groups in total. The summed E-state index contributed by atoms with van der Waals surface area (Å²) in [6, 6.07) is 62.6. The van der Waals surface area contributed by atoms with Crippen LogP contribution in [0.1, 0.15) is 41.4 Å². The van der Waals surface area contributed by atoms with Crippen LogP contribution in [0.4, 0.5) is 17.5 Å². The van der Waals surface area contributed by atoms with Crippen LogP contribution in [0.2, 0.25) is 0 Å². The standard InChI is InChI=1S/C25H19N3O3.C18H15N3O2.C11H11N3O.C7H5ClO/c1-31-22-15-9-8-14-20(22)21-16-23(27-17-26-21)28(24(29)18-10-4-2-5-11-18)25(30)19-12-6-3-7-13-19;1-23-16-10-6-5-9-14(16)15-11-17(20-12-19-15)21-18(22)13-7-3-2-4-8-13;1-15-10-5-3-2-4-8(10)9-6-11(12)14-7-13-9;8-7(9)6-4-2-1-3-5-6/h2-17H,1H3;2-12H,1H3,(H,19,20,21,22);2-7H,1H3,(H2,12,13,14);1-5H. The van der Waals surface area contributed by atoms with Crippen molar-refractivity contribution in [2.24, 2.45) is 0 Å². The van der Waals surface area contributed by atoms with Crippen molar-refractivity contribution >= 4 is 52.0 Å². The van der Waals surface area contributed by atoms with E-state index in [0.717, 1.165) is 33.0 Å². The molecule has 0 saturated heterocycles. The van der Waals surface area contributed by atoms with Gasteiger partial charge >= 0.3 is 0 Å². The molecule has 3 heterocycles. The van der Waals surface area contributed by atoms with Crippen LogP contribution >= 0.6 is 11.6 Å². The maximum atomic E-state index is 13.4. The molecular weight excluding hydrogens is 1010 g/mol. The highest BCUT2D eigenvalue weighted by molar-refractivity contribution is 6.67. The first kappa shape index (κ1) is 55.3. The lowest BCUT2D eigenvalue weighted by Gasteiger charge is -2.20. The molecule has 3 aromatic heterocycles. The van der Waals surface area contributed by atoms with E-state index < -0.39 is 17.1 Å². The third-order valence-corrected chi connectivity index (χ3v) is 11.3. The summed E-state index contributed by atoms with van der Waals surface area (Å²) in [5.41, 5.74) is 11.9. The fourth-order valence-electron chi connectivity index (χ4n) is 7.35. The summed E-state index contributed by atoms with van der Waals surface area (Å²) >= 11 is 5.16. The van der Waals surface area contributed by atoms with Crippen LogP contribution < -0.4 is 30.2 Å². The molecule has 16 nitrogen and oxygen atoms in total. The van der Waals surface area contributed by atoms with Gasteiger partial charge in [0.05, 0.1) is 38.4 Å². The van der Waals surface area contributed by atoms with Crippen LogP contribution in [0.25, 0.3) is 33.8 Å². The highest BCUT2D eigenvalue weighted by atomic mass is 35.5. The van der Waals surface area contributed by atoms with Crippen LogP contribution in [0.15, 0.2) is 231 Å². The van der Waals surface area contributed by atoms with Crippen LogP contribution in [0.5, 0.6) is 17.2 Å². The number of hydrogen-bond donors (Lipinski definition) is 2. The van der Waals surface area contributed by atoms with Crippen molar-refractivity contribution in [2.45, 2.75) is 0 Å². The number of nitrogens with zero attached hydrogens (tertiary/aromatic N) is 7. The molecule has 0 saturated carbocycles. The van der Waals surface area contributed by atoms with Crippen molar-refractivity contribution in [3.63, 3.8) is 0 Å². The number of amides is 3. The van der Waals surface area contributed by atoms with Gasteiger partial charge in [0, 0.05) is 57.1 Å². The fourth-order valence-corrected chi connectivity index (χ4v) is 7.47. The van der Waals surface area contributed by atoms with Crippen molar-refractivity contribution in [3.8, 4) is 51.0 Å². The van der Waals surface area contributed by atoms with Crippen molar-refractivity contribution in [3.05, 3.63) is 254 Å². The number of hydrogen-bond acceptors (Lipinski definition) is 14. The van der Waals surface area contributed by atoms with Gasteiger partial charge in [0.25, 0.3) is 23.0 Å². The van der Waals surface area contributed by atoms with E-state index in [9.17, 15) is 19.2 Å². The summed E-state index contributed by atoms with van der Waals surface area (Å²) in [6.45, 7) is 0. The molecule has 0 spiro atoms. The van der Waals surface area contributed by atoms with E-state index in [0.29, 0.717) is 56.8 Å². The highest BCUT2D eigenvalue weighted by Crippen LogP contribution is 2.32. The van der Waals surface area contributed by atoms with Gasteiger partial charge in [-0.1, -0.05) is 121 Å². The summed E-state index contributed by atoms with van der Waals surface area (Å²) < 4.78 is 16.0. The van der Waals surface area contributed by atoms with E-state index in [1.165, 1.54) is 19.0 Å². The Kier molecular flexibility index (Phi) is 20.1. The Morgan fingerprint density at radius 2 is 0.782 bits per heavy atom. The molecule has 0 fully saturated rings. The number of benzene rings is 7. The molecule has 7 aromatic carbocycles. The number of nitrogen functional groups attached to an aromatic ring is 1. The topological polar surface area (TPSA) is 215 Å². The van der Waals surface area contributed by atoms with Gasteiger partial charge in [0.1, 0.15) is 53.7 Å². The lowest BCUT2D eigenvalue weighted by Crippen LogP contribution is -2.37. The van der Waals surface area contributed by atoms with E-state index >= 15 is 0 Å². The molecule has 78 heavy (non-hydrogen) atoms. The van der Waals surface area contributed by atoms with Gasteiger partial charge in [-0.15, -0.1) is 0 Å². The third-order valence-electron chi connectivity index (χ3n) is 11.1. The van der Waals surface area contributed by atoms with Crippen molar-refractivity contribution < 1.29 is 33.4 Å². The maximum absolute atomic E-state index is 13.4. The first-order chi connectivity index (χ1) is 38.1. The molecule has 0 bridgehead atoms. The zero-order valence-electron chi connectivity index (χ0n) is 42.4. The van der Waals surface area contributed by atoms with Gasteiger partial charge < -0.3 is 25.3 Å². The average Bonchev–Trinajstić information content (AvgIpc) is 3.54. The minimum Gasteiger partial charge on any atom is -0.496 e. The number of nitrogens with two attached hydrogens (primary N) is 1. The molecule has 0 atom stereocenters. The normalized spacial score (nSPS) is 10.1. The van der Waals surface area contributed by atoms with Crippen molar-refractivity contribution in [1.82, 2.24) is 29.9 Å². The second-order valence-corrected chi connectivity index (χ2v) is 16.5. The summed E-state index contributed by atoms with van der Waals surface area (Å²) in [5.74, 6) is 2.03. The number of ether oxygens (including phenoxy) is 3. The number of imide groups is 1. The zero-order chi connectivity index (χ0) is 55.1. The molecule has 0 radical (unpaired) electrons. The number of halogens is 1. The summed E-state index contributed by atoms with van der Waals surface area (Å²) in [5, 5.41) is 2.37. The Bertz CT molecular complexity index is 3530. The second kappa shape index (κ2) is 28.3. The smallest absolute Gasteiger partial charge is 0.266 e. The summed E-state index contributed by atoms with van der Waals surface area (Å²) in [6.07, 6.45) is 4.19. The second-order valence-electron chi connectivity index (χ2n) is 16.1. The molecule has 17 heteroatoms. The van der Waals surface area contributed by atoms with Gasteiger partial charge in [-0.3, -0.25) is 19.2 Å². The van der Waals surface area contributed by atoms with Gasteiger partial charge in [0.15, 0.2) is 0 Å². The average molecular weight is 1060 g/mol. The monoisotopic (exact) mass is 1060 g/mol. The van der Waals surface area contributed by atoms with E-state index in [2.05, 4.69) is 35.2 Å². The molecule has 3 amide bonds. The van der Waals surface area contributed by atoms with Crippen LogP contribution in [0, 0.1) is 0 Å². The molecule has 0 aliphatic rings. The quantitative estimate of drug-likeness (QED) is 0.0860. The SMILES string of the molecule is COc1ccccc1-c1cc(N(C(=O)c2ccccc2)C(=O)c2ccccc2)ncn1.COc1ccccc1-c1cc(N)ncn1.COc1ccccc1-c1cc(NC(=O)c2ccccc2)ncn1.O=C(Cl)c1ccccc1. The summed E-state index contributed by atoms with van der Waals surface area (Å²) in [7, 11) is 4.81. The number of aromatic nitrogens is 6. The minimum atomic E-state index is -0.473. The molecule has 388 valence electrons. The Morgan fingerprint density at radius 1 is 0.423 bits per heavy atom.